The molecule has 0 aliphatic heterocycles. The Balaban J connectivity index is 2.31. The molecule has 0 aliphatic carbocycles. The molecule has 5 nitrogen and oxygen atoms in total. The molecule has 0 atom stereocenters. The Morgan fingerprint density at radius 2 is 2.00 bits per heavy atom. The second-order valence-corrected chi connectivity index (χ2v) is 4.19. The van der Waals surface area contributed by atoms with E-state index < -0.39 is 5.97 Å². The van der Waals surface area contributed by atoms with Gasteiger partial charge in [-0.3, -0.25) is 4.40 Å². The average molecular weight is 253 g/mol. The van der Waals surface area contributed by atoms with Crippen molar-refractivity contribution in [1.29, 1.82) is 0 Å². The van der Waals surface area contributed by atoms with E-state index in [1.54, 1.807) is 47.1 Å². The second kappa shape index (κ2) is 4.13. The van der Waals surface area contributed by atoms with Gasteiger partial charge in [-0.2, -0.15) is 0 Å². The van der Waals surface area contributed by atoms with Gasteiger partial charge in [0.15, 0.2) is 0 Å². The van der Waals surface area contributed by atoms with Crippen molar-refractivity contribution in [2.45, 2.75) is 0 Å². The molecular formula is C14H11N3O2. The number of imidazole rings is 1. The van der Waals surface area contributed by atoms with Gasteiger partial charge in [0.2, 0.25) is 0 Å². The quantitative estimate of drug-likeness (QED) is 0.734. The zero-order valence-corrected chi connectivity index (χ0v) is 9.95. The number of nitrogens with two attached hydrogens (primary N) is 1. The van der Waals surface area contributed by atoms with Crippen LogP contribution in [0.25, 0.3) is 16.9 Å². The lowest BCUT2D eigenvalue weighted by molar-refractivity contribution is 0.0697. The monoisotopic (exact) mass is 253 g/mol. The molecule has 0 fully saturated rings. The Morgan fingerprint density at radius 1 is 1.21 bits per heavy atom. The summed E-state index contributed by atoms with van der Waals surface area (Å²) in [6.45, 7) is 0. The maximum absolute atomic E-state index is 11.3. The summed E-state index contributed by atoms with van der Waals surface area (Å²) in [5, 5.41) is 9.23. The van der Waals surface area contributed by atoms with Gasteiger partial charge in [0.1, 0.15) is 5.82 Å². The fourth-order valence-corrected chi connectivity index (χ4v) is 2.07. The number of hydrogen-bond acceptors (Lipinski definition) is 3. The Labute approximate surface area is 108 Å². The van der Waals surface area contributed by atoms with Crippen molar-refractivity contribution < 1.29 is 9.90 Å². The zero-order valence-electron chi connectivity index (χ0n) is 9.95. The van der Waals surface area contributed by atoms with E-state index in [9.17, 15) is 9.90 Å². The standard InChI is InChI=1S/C14H11N3O2/c15-9-5-6-10-7-16-13(17(10)8-9)11-3-1-2-4-12(11)14(18)19/h1-8H,15H2,(H,18,19). The number of nitrogen functional groups attached to an aromatic ring is 1. The number of carboxylic acid groups (broad SMARTS) is 1. The van der Waals surface area contributed by atoms with Crippen molar-refractivity contribution in [3.63, 3.8) is 0 Å². The molecule has 0 unspecified atom stereocenters. The lowest BCUT2D eigenvalue weighted by Crippen LogP contribution is -2.01. The van der Waals surface area contributed by atoms with Crippen LogP contribution in [0.15, 0.2) is 48.8 Å². The number of pyridine rings is 1. The van der Waals surface area contributed by atoms with Gasteiger partial charge in [0.25, 0.3) is 0 Å². The Bertz CT molecular complexity index is 777. The van der Waals surface area contributed by atoms with Crippen LogP contribution in [0.2, 0.25) is 0 Å². The van der Waals surface area contributed by atoms with Crippen LogP contribution in [0.4, 0.5) is 5.69 Å². The van der Waals surface area contributed by atoms with Gasteiger partial charge < -0.3 is 10.8 Å². The fraction of sp³-hybridized carbons (Fsp3) is 0. The number of benzene rings is 1. The number of hydrogen-bond donors (Lipinski definition) is 2. The summed E-state index contributed by atoms with van der Waals surface area (Å²) in [5.74, 6) is -0.406. The highest BCUT2D eigenvalue weighted by Crippen LogP contribution is 2.24. The molecular weight excluding hydrogens is 242 g/mol. The van der Waals surface area contributed by atoms with E-state index in [4.69, 9.17) is 5.73 Å². The van der Waals surface area contributed by atoms with Gasteiger partial charge in [0.05, 0.1) is 17.3 Å². The number of aromatic nitrogens is 2. The number of rotatable bonds is 2. The molecule has 3 N–H and O–H groups in total. The zero-order chi connectivity index (χ0) is 13.4. The maximum Gasteiger partial charge on any atom is 0.336 e. The van der Waals surface area contributed by atoms with E-state index >= 15 is 0 Å². The number of carboxylic acids is 1. The molecule has 0 bridgehead atoms. The van der Waals surface area contributed by atoms with Gasteiger partial charge in [0, 0.05) is 17.4 Å². The topological polar surface area (TPSA) is 80.6 Å². The van der Waals surface area contributed by atoms with Crippen molar-refractivity contribution in [1.82, 2.24) is 9.38 Å². The van der Waals surface area contributed by atoms with Gasteiger partial charge in [-0.1, -0.05) is 18.2 Å². The third-order valence-electron chi connectivity index (χ3n) is 2.95. The van der Waals surface area contributed by atoms with E-state index in [0.29, 0.717) is 17.1 Å². The number of aromatic carboxylic acids is 1. The molecule has 0 saturated heterocycles. The SMILES string of the molecule is Nc1ccc2cnc(-c3ccccc3C(=O)O)n2c1. The van der Waals surface area contributed by atoms with Crippen LogP contribution in [0, 0.1) is 0 Å². The van der Waals surface area contributed by atoms with Gasteiger partial charge in [-0.25, -0.2) is 9.78 Å². The minimum Gasteiger partial charge on any atom is -0.478 e. The van der Waals surface area contributed by atoms with Gasteiger partial charge in [-0.05, 0) is 18.2 Å². The van der Waals surface area contributed by atoms with Crippen LogP contribution in [0.5, 0.6) is 0 Å². The molecule has 94 valence electrons. The minimum atomic E-state index is -0.976. The van der Waals surface area contributed by atoms with Crippen LogP contribution in [0.1, 0.15) is 10.4 Å². The van der Waals surface area contributed by atoms with E-state index in [2.05, 4.69) is 4.98 Å². The first kappa shape index (κ1) is 11.3. The van der Waals surface area contributed by atoms with Crippen LogP contribution in [-0.2, 0) is 0 Å². The van der Waals surface area contributed by atoms with E-state index in [-0.39, 0.29) is 5.56 Å². The lowest BCUT2D eigenvalue weighted by atomic mass is 10.1. The molecule has 3 rings (SSSR count). The molecule has 2 heterocycles. The van der Waals surface area contributed by atoms with Crippen molar-refractivity contribution in [2.75, 3.05) is 5.73 Å². The van der Waals surface area contributed by atoms with Crippen molar-refractivity contribution in [3.8, 4) is 11.4 Å². The van der Waals surface area contributed by atoms with E-state index in [1.165, 1.54) is 0 Å². The second-order valence-electron chi connectivity index (χ2n) is 4.19. The number of nitrogens with zero attached hydrogens (tertiary/aromatic N) is 2. The molecule has 0 aliphatic rings. The van der Waals surface area contributed by atoms with Gasteiger partial charge in [-0.15, -0.1) is 0 Å². The fourth-order valence-electron chi connectivity index (χ4n) is 2.07. The van der Waals surface area contributed by atoms with Gasteiger partial charge >= 0.3 is 5.97 Å². The number of anilines is 1. The summed E-state index contributed by atoms with van der Waals surface area (Å²) in [7, 11) is 0. The summed E-state index contributed by atoms with van der Waals surface area (Å²) in [5.41, 5.74) is 8.01. The summed E-state index contributed by atoms with van der Waals surface area (Å²) in [6, 6.07) is 10.4. The average Bonchev–Trinajstić information content (AvgIpc) is 2.81. The molecule has 2 aromatic heterocycles. The first-order valence-electron chi connectivity index (χ1n) is 5.72. The van der Waals surface area contributed by atoms with E-state index in [0.717, 1.165) is 5.52 Å². The lowest BCUT2D eigenvalue weighted by Gasteiger charge is -2.05. The molecule has 0 spiro atoms. The molecule has 0 radical (unpaired) electrons. The number of carbonyl (C=O) groups is 1. The van der Waals surface area contributed by atoms with Crippen LogP contribution in [0.3, 0.4) is 0 Å². The summed E-state index contributed by atoms with van der Waals surface area (Å²) < 4.78 is 1.79. The number of fused-ring (bicyclic) bond motifs is 1. The highest BCUT2D eigenvalue weighted by atomic mass is 16.4. The summed E-state index contributed by atoms with van der Waals surface area (Å²) in [6.07, 6.45) is 3.42. The predicted octanol–water partition coefficient (Wildman–Crippen LogP) is 2.28. The Hall–Kier alpha value is -2.82. The van der Waals surface area contributed by atoms with Crippen molar-refractivity contribution in [2.24, 2.45) is 0 Å². The largest absolute Gasteiger partial charge is 0.478 e. The normalized spacial score (nSPS) is 10.7. The molecule has 3 aromatic rings. The van der Waals surface area contributed by atoms with Crippen LogP contribution in [-0.4, -0.2) is 20.5 Å². The summed E-state index contributed by atoms with van der Waals surface area (Å²) >= 11 is 0. The molecule has 0 amide bonds. The predicted molar refractivity (Wildman–Crippen MR) is 72.0 cm³/mol. The molecule has 19 heavy (non-hydrogen) atoms. The molecule has 1 aromatic carbocycles. The van der Waals surface area contributed by atoms with Crippen LogP contribution >= 0.6 is 0 Å². The van der Waals surface area contributed by atoms with E-state index in [1.807, 2.05) is 6.07 Å². The van der Waals surface area contributed by atoms with Crippen molar-refractivity contribution in [3.05, 3.63) is 54.4 Å². The maximum atomic E-state index is 11.3. The molecule has 5 heteroatoms. The first-order valence-corrected chi connectivity index (χ1v) is 5.72. The Kier molecular flexibility index (Phi) is 2.45. The molecule has 0 saturated carbocycles. The highest BCUT2D eigenvalue weighted by Gasteiger charge is 2.14. The first-order chi connectivity index (χ1) is 9.16. The summed E-state index contributed by atoms with van der Waals surface area (Å²) in [4.78, 5) is 15.6. The highest BCUT2D eigenvalue weighted by molar-refractivity contribution is 5.95. The van der Waals surface area contributed by atoms with Crippen molar-refractivity contribution >= 4 is 17.2 Å². The minimum absolute atomic E-state index is 0.220. The smallest absolute Gasteiger partial charge is 0.336 e. The third kappa shape index (κ3) is 1.81. The van der Waals surface area contributed by atoms with Crippen LogP contribution < -0.4 is 5.73 Å². The third-order valence-corrected chi connectivity index (χ3v) is 2.95. The Morgan fingerprint density at radius 3 is 2.79 bits per heavy atom.